The monoisotopic (exact) mass is 274 g/mol. The van der Waals surface area contributed by atoms with Crippen molar-refractivity contribution >= 4 is 17.6 Å². The van der Waals surface area contributed by atoms with Crippen LogP contribution in [0.4, 0.5) is 8.78 Å². The molecule has 0 heterocycles. The number of rotatable bonds is 2. The SMILES string of the molecule is O=C(O)C1(c2ccccc2Cl)CCC(F)(F)CC1. The molecule has 0 spiro atoms. The third kappa shape index (κ3) is 2.21. The summed E-state index contributed by atoms with van der Waals surface area (Å²) < 4.78 is 26.4. The summed E-state index contributed by atoms with van der Waals surface area (Å²) in [6, 6.07) is 6.58. The molecular formula is C13H13ClF2O2. The Bertz CT molecular complexity index is 464. The first-order valence-electron chi connectivity index (χ1n) is 5.74. The Morgan fingerprint density at radius 2 is 1.72 bits per heavy atom. The van der Waals surface area contributed by atoms with E-state index >= 15 is 0 Å². The van der Waals surface area contributed by atoms with Crippen LogP contribution in [0.3, 0.4) is 0 Å². The molecule has 18 heavy (non-hydrogen) atoms. The van der Waals surface area contributed by atoms with Gasteiger partial charge in [0.05, 0.1) is 5.41 Å². The van der Waals surface area contributed by atoms with Crippen LogP contribution < -0.4 is 0 Å². The number of carbonyl (C=O) groups is 1. The van der Waals surface area contributed by atoms with Gasteiger partial charge >= 0.3 is 5.97 Å². The topological polar surface area (TPSA) is 37.3 Å². The molecule has 0 atom stereocenters. The smallest absolute Gasteiger partial charge is 0.314 e. The van der Waals surface area contributed by atoms with Gasteiger partial charge in [-0.1, -0.05) is 29.8 Å². The van der Waals surface area contributed by atoms with Crippen LogP contribution in [0.25, 0.3) is 0 Å². The average Bonchev–Trinajstić information content (AvgIpc) is 2.30. The molecule has 1 aromatic carbocycles. The average molecular weight is 275 g/mol. The minimum atomic E-state index is -2.76. The third-order valence-corrected chi connectivity index (χ3v) is 3.96. The van der Waals surface area contributed by atoms with E-state index in [1.807, 2.05) is 0 Å². The van der Waals surface area contributed by atoms with Crippen molar-refractivity contribution in [2.45, 2.75) is 37.0 Å². The molecule has 1 aliphatic carbocycles. The molecule has 0 saturated heterocycles. The summed E-state index contributed by atoms with van der Waals surface area (Å²) in [6.45, 7) is 0. The standard InChI is InChI=1S/C13H13ClF2O2/c14-10-4-2-1-3-9(10)12(11(17)18)5-7-13(15,16)8-6-12/h1-4H,5-8H2,(H,17,18). The second kappa shape index (κ2) is 4.50. The van der Waals surface area contributed by atoms with Crippen LogP contribution in [0.2, 0.25) is 5.02 Å². The molecule has 0 aromatic heterocycles. The highest BCUT2D eigenvalue weighted by Gasteiger charge is 2.49. The molecule has 2 rings (SSSR count). The fraction of sp³-hybridized carbons (Fsp3) is 0.462. The summed E-state index contributed by atoms with van der Waals surface area (Å²) in [5.41, 5.74) is -0.838. The number of halogens is 3. The van der Waals surface area contributed by atoms with E-state index in [9.17, 15) is 18.7 Å². The minimum Gasteiger partial charge on any atom is -0.481 e. The summed E-state index contributed by atoms with van der Waals surface area (Å²) in [5, 5.41) is 9.76. The van der Waals surface area contributed by atoms with Crippen molar-refractivity contribution < 1.29 is 18.7 Å². The zero-order valence-electron chi connectivity index (χ0n) is 9.63. The number of alkyl halides is 2. The van der Waals surface area contributed by atoms with E-state index in [1.165, 1.54) is 0 Å². The van der Waals surface area contributed by atoms with Gasteiger partial charge in [0.2, 0.25) is 5.92 Å². The van der Waals surface area contributed by atoms with Gasteiger partial charge in [-0.3, -0.25) is 4.79 Å². The van der Waals surface area contributed by atoms with Gasteiger partial charge in [-0.2, -0.15) is 0 Å². The van der Waals surface area contributed by atoms with Crippen LogP contribution in [-0.4, -0.2) is 17.0 Å². The minimum absolute atomic E-state index is 0.0843. The fourth-order valence-electron chi connectivity index (χ4n) is 2.49. The van der Waals surface area contributed by atoms with E-state index in [0.717, 1.165) is 0 Å². The largest absolute Gasteiger partial charge is 0.481 e. The Labute approximate surface area is 109 Å². The van der Waals surface area contributed by atoms with Gasteiger partial charge in [0.1, 0.15) is 0 Å². The van der Waals surface area contributed by atoms with Crippen LogP contribution in [0.15, 0.2) is 24.3 Å². The quantitative estimate of drug-likeness (QED) is 0.889. The lowest BCUT2D eigenvalue weighted by atomic mass is 9.68. The van der Waals surface area contributed by atoms with Crippen molar-refractivity contribution in [3.8, 4) is 0 Å². The lowest BCUT2D eigenvalue weighted by Crippen LogP contribution is -2.42. The highest BCUT2D eigenvalue weighted by Crippen LogP contribution is 2.47. The summed E-state index contributed by atoms with van der Waals surface area (Å²) in [4.78, 5) is 11.5. The Kier molecular flexibility index (Phi) is 3.32. The number of carboxylic acid groups (broad SMARTS) is 1. The molecular weight excluding hydrogens is 262 g/mol. The highest BCUT2D eigenvalue weighted by molar-refractivity contribution is 6.31. The zero-order chi connectivity index (χ0) is 13.4. The summed E-state index contributed by atoms with van der Waals surface area (Å²) in [5.74, 6) is -3.84. The molecule has 0 radical (unpaired) electrons. The molecule has 1 N–H and O–H groups in total. The molecule has 0 aliphatic heterocycles. The van der Waals surface area contributed by atoms with E-state index in [2.05, 4.69) is 0 Å². The summed E-state index contributed by atoms with van der Waals surface area (Å²) in [6.07, 6.45) is -0.993. The maximum atomic E-state index is 13.2. The summed E-state index contributed by atoms with van der Waals surface area (Å²) >= 11 is 6.01. The van der Waals surface area contributed by atoms with Crippen molar-refractivity contribution in [2.24, 2.45) is 0 Å². The van der Waals surface area contributed by atoms with Crippen LogP contribution >= 0.6 is 11.6 Å². The van der Waals surface area contributed by atoms with Crippen LogP contribution in [0.5, 0.6) is 0 Å². The van der Waals surface area contributed by atoms with Gasteiger partial charge in [-0.25, -0.2) is 8.78 Å². The fourth-order valence-corrected chi connectivity index (χ4v) is 2.81. The summed E-state index contributed by atoms with van der Waals surface area (Å²) in [7, 11) is 0. The van der Waals surface area contributed by atoms with Crippen LogP contribution in [-0.2, 0) is 10.2 Å². The number of hydrogen-bond acceptors (Lipinski definition) is 1. The van der Waals surface area contributed by atoms with Gasteiger partial charge in [0, 0.05) is 17.9 Å². The Morgan fingerprint density at radius 3 is 2.22 bits per heavy atom. The third-order valence-electron chi connectivity index (χ3n) is 3.63. The Hall–Kier alpha value is -1.16. The lowest BCUT2D eigenvalue weighted by molar-refractivity contribution is -0.149. The van der Waals surface area contributed by atoms with E-state index < -0.39 is 30.1 Å². The van der Waals surface area contributed by atoms with E-state index in [4.69, 9.17) is 11.6 Å². The van der Waals surface area contributed by atoms with Crippen molar-refractivity contribution in [2.75, 3.05) is 0 Å². The maximum absolute atomic E-state index is 13.2. The molecule has 1 aromatic rings. The van der Waals surface area contributed by atoms with Gasteiger partial charge in [-0.15, -0.1) is 0 Å². The van der Waals surface area contributed by atoms with Gasteiger partial charge in [-0.05, 0) is 24.5 Å². The first kappa shape index (κ1) is 13.3. The molecule has 2 nitrogen and oxygen atoms in total. The van der Waals surface area contributed by atoms with Crippen LogP contribution in [0.1, 0.15) is 31.2 Å². The normalized spacial score (nSPS) is 21.5. The van der Waals surface area contributed by atoms with Crippen molar-refractivity contribution in [1.29, 1.82) is 0 Å². The second-order valence-corrected chi connectivity index (χ2v) is 5.13. The number of benzene rings is 1. The van der Waals surface area contributed by atoms with E-state index in [1.54, 1.807) is 24.3 Å². The number of aliphatic carboxylic acids is 1. The predicted molar refractivity (Wildman–Crippen MR) is 64.2 cm³/mol. The lowest BCUT2D eigenvalue weighted by Gasteiger charge is -2.37. The molecule has 98 valence electrons. The first-order valence-corrected chi connectivity index (χ1v) is 6.11. The van der Waals surface area contributed by atoms with Crippen molar-refractivity contribution in [3.05, 3.63) is 34.9 Å². The Morgan fingerprint density at radius 1 is 1.17 bits per heavy atom. The highest BCUT2D eigenvalue weighted by atomic mass is 35.5. The van der Waals surface area contributed by atoms with Gasteiger partial charge in [0.15, 0.2) is 0 Å². The van der Waals surface area contributed by atoms with Crippen molar-refractivity contribution in [3.63, 3.8) is 0 Å². The first-order chi connectivity index (χ1) is 8.37. The van der Waals surface area contributed by atoms with Gasteiger partial charge < -0.3 is 5.11 Å². The molecule has 5 heteroatoms. The van der Waals surface area contributed by atoms with E-state index in [0.29, 0.717) is 10.6 Å². The van der Waals surface area contributed by atoms with Crippen molar-refractivity contribution in [1.82, 2.24) is 0 Å². The molecule has 1 saturated carbocycles. The molecule has 0 unspecified atom stereocenters. The zero-order valence-corrected chi connectivity index (χ0v) is 10.4. The maximum Gasteiger partial charge on any atom is 0.314 e. The second-order valence-electron chi connectivity index (χ2n) is 4.72. The van der Waals surface area contributed by atoms with Crippen LogP contribution in [0, 0.1) is 0 Å². The molecule has 1 fully saturated rings. The molecule has 0 bridgehead atoms. The Balaban J connectivity index is 2.42. The number of carboxylic acids is 1. The molecule has 1 aliphatic rings. The van der Waals surface area contributed by atoms with Gasteiger partial charge in [0.25, 0.3) is 0 Å². The van der Waals surface area contributed by atoms with E-state index in [-0.39, 0.29) is 12.8 Å². The molecule has 0 amide bonds. The predicted octanol–water partition coefficient (Wildman–Crippen LogP) is 3.87. The number of hydrogen-bond donors (Lipinski definition) is 1.